The number of nitrogens with zero attached hydrogens (tertiary/aromatic N) is 1. The summed E-state index contributed by atoms with van der Waals surface area (Å²) in [5.41, 5.74) is 1.44. The van der Waals surface area contributed by atoms with Gasteiger partial charge in [0.25, 0.3) is 5.91 Å². The Kier molecular flexibility index (Phi) is 4.96. The molecule has 1 aromatic rings. The number of aryl methyl sites for hydroxylation is 2. The maximum Gasteiger partial charge on any atom is 0.263 e. The first kappa shape index (κ1) is 15.0. The van der Waals surface area contributed by atoms with Crippen LogP contribution >= 0.6 is 11.3 Å². The first-order valence-corrected chi connectivity index (χ1v) is 9.16. The first-order valence-electron chi connectivity index (χ1n) is 8.34. The van der Waals surface area contributed by atoms with Crippen LogP contribution in [0.2, 0.25) is 0 Å². The van der Waals surface area contributed by atoms with Gasteiger partial charge >= 0.3 is 0 Å². The van der Waals surface area contributed by atoms with E-state index in [1.54, 1.807) is 11.3 Å². The van der Waals surface area contributed by atoms with Crippen molar-refractivity contribution < 1.29 is 4.79 Å². The van der Waals surface area contributed by atoms with Gasteiger partial charge in [-0.15, -0.1) is 11.3 Å². The van der Waals surface area contributed by atoms with Crippen LogP contribution in [-0.4, -0.2) is 37.0 Å². The molecular formula is C17H26N2OS. The average molecular weight is 306 g/mol. The number of rotatable bonds is 3. The third-order valence-corrected chi connectivity index (χ3v) is 5.94. The second kappa shape index (κ2) is 6.93. The molecule has 1 N–H and O–H groups in total. The van der Waals surface area contributed by atoms with E-state index >= 15 is 0 Å². The topological polar surface area (TPSA) is 32.3 Å². The molecule has 1 unspecified atom stereocenters. The SMILES string of the molecule is CN(CC1CCCCN1)C(=O)c1cc2c(s1)CCCCC2. The van der Waals surface area contributed by atoms with Crippen molar-refractivity contribution in [1.29, 1.82) is 0 Å². The van der Waals surface area contributed by atoms with E-state index in [0.29, 0.717) is 6.04 Å². The van der Waals surface area contributed by atoms with Crippen molar-refractivity contribution in [3.63, 3.8) is 0 Å². The Labute approximate surface area is 131 Å². The Morgan fingerprint density at radius 2 is 2.14 bits per heavy atom. The molecule has 1 atom stereocenters. The van der Waals surface area contributed by atoms with Gasteiger partial charge in [-0.2, -0.15) is 0 Å². The van der Waals surface area contributed by atoms with Crippen LogP contribution in [0.5, 0.6) is 0 Å². The minimum Gasteiger partial charge on any atom is -0.339 e. The average Bonchev–Trinajstić information content (AvgIpc) is 2.78. The van der Waals surface area contributed by atoms with Crippen LogP contribution in [0, 0.1) is 0 Å². The number of carbonyl (C=O) groups excluding carboxylic acids is 1. The third-order valence-electron chi connectivity index (χ3n) is 4.71. The Bertz CT molecular complexity index is 467. The molecule has 0 saturated carbocycles. The molecule has 116 valence electrons. The number of hydrogen-bond acceptors (Lipinski definition) is 3. The highest BCUT2D eigenvalue weighted by atomic mass is 32.1. The standard InChI is InChI=1S/C17H26N2OS/c1-19(12-14-8-5-6-10-18-14)17(20)16-11-13-7-3-2-4-9-15(13)21-16/h11,14,18H,2-10,12H2,1H3. The lowest BCUT2D eigenvalue weighted by Gasteiger charge is -2.28. The highest BCUT2D eigenvalue weighted by molar-refractivity contribution is 7.14. The molecule has 3 nitrogen and oxygen atoms in total. The molecule has 0 spiro atoms. The molecule has 4 heteroatoms. The molecule has 3 rings (SSSR count). The molecule has 2 aliphatic rings. The summed E-state index contributed by atoms with van der Waals surface area (Å²) >= 11 is 1.74. The van der Waals surface area contributed by atoms with E-state index in [1.807, 2.05) is 11.9 Å². The quantitative estimate of drug-likeness (QED) is 0.870. The van der Waals surface area contributed by atoms with Gasteiger partial charge in [0.15, 0.2) is 0 Å². The van der Waals surface area contributed by atoms with Crippen LogP contribution in [0.3, 0.4) is 0 Å². The summed E-state index contributed by atoms with van der Waals surface area (Å²) < 4.78 is 0. The van der Waals surface area contributed by atoms with Crippen LogP contribution in [0.1, 0.15) is 58.6 Å². The van der Waals surface area contributed by atoms with Gasteiger partial charge in [0.05, 0.1) is 4.88 Å². The second-order valence-electron chi connectivity index (χ2n) is 6.45. The van der Waals surface area contributed by atoms with E-state index in [9.17, 15) is 4.79 Å². The Morgan fingerprint density at radius 1 is 1.29 bits per heavy atom. The molecule has 1 amide bonds. The fourth-order valence-corrected chi connectivity index (χ4v) is 4.70. The lowest BCUT2D eigenvalue weighted by molar-refractivity contribution is 0.0780. The summed E-state index contributed by atoms with van der Waals surface area (Å²) in [6, 6.07) is 2.64. The first-order chi connectivity index (χ1) is 10.2. The van der Waals surface area contributed by atoms with Crippen molar-refractivity contribution in [2.75, 3.05) is 20.1 Å². The van der Waals surface area contributed by atoms with Crippen LogP contribution in [0.15, 0.2) is 6.07 Å². The Morgan fingerprint density at radius 3 is 2.95 bits per heavy atom. The second-order valence-corrected chi connectivity index (χ2v) is 7.59. The van der Waals surface area contributed by atoms with Crippen molar-refractivity contribution in [2.24, 2.45) is 0 Å². The predicted octanol–water partition coefficient (Wildman–Crippen LogP) is 3.23. The predicted molar refractivity (Wildman–Crippen MR) is 88.2 cm³/mol. The monoisotopic (exact) mass is 306 g/mol. The summed E-state index contributed by atoms with van der Waals surface area (Å²) in [5, 5.41) is 3.52. The number of amides is 1. The molecule has 1 aliphatic carbocycles. The molecular weight excluding hydrogens is 280 g/mol. The van der Waals surface area contributed by atoms with Gasteiger partial charge in [0.2, 0.25) is 0 Å². The molecule has 0 radical (unpaired) electrons. The number of carbonyl (C=O) groups is 1. The lowest BCUT2D eigenvalue weighted by Crippen LogP contribution is -2.44. The van der Waals surface area contributed by atoms with E-state index in [4.69, 9.17) is 0 Å². The molecule has 0 aromatic carbocycles. The smallest absolute Gasteiger partial charge is 0.263 e. The zero-order valence-electron chi connectivity index (χ0n) is 13.0. The summed E-state index contributed by atoms with van der Waals surface area (Å²) in [4.78, 5) is 16.9. The van der Waals surface area contributed by atoms with Gasteiger partial charge in [0, 0.05) is 24.5 Å². The highest BCUT2D eigenvalue weighted by Crippen LogP contribution is 2.29. The van der Waals surface area contributed by atoms with Crippen molar-refractivity contribution in [2.45, 2.75) is 57.4 Å². The van der Waals surface area contributed by atoms with E-state index in [2.05, 4.69) is 11.4 Å². The maximum absolute atomic E-state index is 12.6. The number of fused-ring (bicyclic) bond motifs is 1. The molecule has 0 bridgehead atoms. The largest absolute Gasteiger partial charge is 0.339 e. The summed E-state index contributed by atoms with van der Waals surface area (Å²) in [6.45, 7) is 1.93. The third kappa shape index (κ3) is 3.67. The summed E-state index contributed by atoms with van der Waals surface area (Å²) in [7, 11) is 1.95. The number of nitrogens with one attached hydrogen (secondary N) is 1. The van der Waals surface area contributed by atoms with E-state index in [-0.39, 0.29) is 5.91 Å². The summed E-state index contributed by atoms with van der Waals surface area (Å²) in [6.07, 6.45) is 9.96. The normalized spacial score (nSPS) is 22.4. The zero-order chi connectivity index (χ0) is 14.7. The fourth-order valence-electron chi connectivity index (χ4n) is 3.45. The lowest BCUT2D eigenvalue weighted by atomic mass is 10.0. The molecule has 1 fully saturated rings. The highest BCUT2D eigenvalue weighted by Gasteiger charge is 2.22. The minimum atomic E-state index is 0.209. The van der Waals surface area contributed by atoms with Crippen LogP contribution < -0.4 is 5.32 Å². The maximum atomic E-state index is 12.6. The van der Waals surface area contributed by atoms with E-state index in [1.165, 1.54) is 55.4 Å². The van der Waals surface area contributed by atoms with E-state index in [0.717, 1.165) is 24.4 Å². The number of piperidine rings is 1. The fraction of sp³-hybridized carbons (Fsp3) is 0.706. The zero-order valence-corrected chi connectivity index (χ0v) is 13.8. The van der Waals surface area contributed by atoms with Gasteiger partial charge in [0.1, 0.15) is 0 Å². The minimum absolute atomic E-state index is 0.209. The van der Waals surface area contributed by atoms with Crippen LogP contribution in [0.4, 0.5) is 0 Å². The Balaban J connectivity index is 1.64. The van der Waals surface area contributed by atoms with Gasteiger partial charge < -0.3 is 10.2 Å². The van der Waals surface area contributed by atoms with Gasteiger partial charge in [-0.1, -0.05) is 12.8 Å². The molecule has 1 saturated heterocycles. The van der Waals surface area contributed by atoms with Crippen molar-refractivity contribution in [1.82, 2.24) is 10.2 Å². The molecule has 1 aliphatic heterocycles. The van der Waals surface area contributed by atoms with Crippen molar-refractivity contribution in [3.8, 4) is 0 Å². The van der Waals surface area contributed by atoms with Gasteiger partial charge in [-0.05, 0) is 56.7 Å². The number of likely N-dealkylation sites (N-methyl/N-ethyl adjacent to an activating group) is 1. The molecule has 2 heterocycles. The number of thiophene rings is 1. The van der Waals surface area contributed by atoms with Crippen LogP contribution in [0.25, 0.3) is 0 Å². The van der Waals surface area contributed by atoms with Crippen LogP contribution in [-0.2, 0) is 12.8 Å². The summed E-state index contributed by atoms with van der Waals surface area (Å²) in [5.74, 6) is 0.209. The number of hydrogen-bond donors (Lipinski definition) is 1. The van der Waals surface area contributed by atoms with Gasteiger partial charge in [-0.25, -0.2) is 0 Å². The van der Waals surface area contributed by atoms with Crippen molar-refractivity contribution >= 4 is 17.2 Å². The molecule has 21 heavy (non-hydrogen) atoms. The van der Waals surface area contributed by atoms with Crippen molar-refractivity contribution in [3.05, 3.63) is 21.4 Å². The van der Waals surface area contributed by atoms with Gasteiger partial charge in [-0.3, -0.25) is 4.79 Å². The Hall–Kier alpha value is -0.870. The molecule has 1 aromatic heterocycles. The van der Waals surface area contributed by atoms with E-state index < -0.39 is 0 Å².